The van der Waals surface area contributed by atoms with E-state index in [0.717, 1.165) is 5.57 Å². The van der Waals surface area contributed by atoms with Gasteiger partial charge in [0.25, 0.3) is 5.91 Å². The summed E-state index contributed by atoms with van der Waals surface area (Å²) >= 11 is 0. The summed E-state index contributed by atoms with van der Waals surface area (Å²) in [4.78, 5) is 14.9. The molecule has 0 N–H and O–H groups in total. The maximum absolute atomic E-state index is 12.9. The first-order valence-corrected chi connectivity index (χ1v) is 8.21. The summed E-state index contributed by atoms with van der Waals surface area (Å²) in [5, 5.41) is 1.24. The van der Waals surface area contributed by atoms with Crippen molar-refractivity contribution in [1.82, 2.24) is 9.47 Å². The van der Waals surface area contributed by atoms with Crippen LogP contribution in [-0.2, 0) is 11.8 Å². The molecule has 0 radical (unpaired) electrons. The molecule has 0 bridgehead atoms. The lowest BCUT2D eigenvalue weighted by atomic mass is 9.93. The van der Waals surface area contributed by atoms with Crippen LogP contribution in [0.5, 0.6) is 0 Å². The summed E-state index contributed by atoms with van der Waals surface area (Å²) in [7, 11) is 2.10. The smallest absolute Gasteiger partial charge is 0.250 e. The van der Waals surface area contributed by atoms with E-state index in [1.165, 1.54) is 27.7 Å². The van der Waals surface area contributed by atoms with Gasteiger partial charge in [-0.3, -0.25) is 4.79 Å². The van der Waals surface area contributed by atoms with Gasteiger partial charge in [0.05, 0.1) is 6.04 Å². The van der Waals surface area contributed by atoms with E-state index in [4.69, 9.17) is 0 Å². The highest BCUT2D eigenvalue weighted by Gasteiger charge is 2.43. The lowest BCUT2D eigenvalue weighted by Gasteiger charge is -2.38. The molecule has 2 heterocycles. The van der Waals surface area contributed by atoms with Crippen LogP contribution in [-0.4, -0.2) is 20.9 Å². The van der Waals surface area contributed by atoms with Crippen molar-refractivity contribution >= 4 is 16.8 Å². The fraction of sp³-hybridized carbons (Fsp3) is 0.450. The summed E-state index contributed by atoms with van der Waals surface area (Å²) in [5.74, 6) is 0.160. The molecule has 122 valence electrons. The maximum atomic E-state index is 12.9. The second-order valence-corrected chi connectivity index (χ2v) is 7.63. The zero-order valence-electron chi connectivity index (χ0n) is 15.2. The molecule has 0 aliphatic carbocycles. The van der Waals surface area contributed by atoms with E-state index in [-0.39, 0.29) is 17.5 Å². The number of aryl methyl sites for hydroxylation is 1. The molecule has 2 aromatic rings. The zero-order valence-corrected chi connectivity index (χ0v) is 15.2. The topological polar surface area (TPSA) is 25.2 Å². The molecule has 1 atom stereocenters. The highest BCUT2D eigenvalue weighted by Crippen LogP contribution is 2.45. The van der Waals surface area contributed by atoms with Gasteiger partial charge in [-0.15, -0.1) is 0 Å². The van der Waals surface area contributed by atoms with Crippen LogP contribution in [0, 0.1) is 6.92 Å². The van der Waals surface area contributed by atoms with Gasteiger partial charge in [0.2, 0.25) is 0 Å². The number of hydrogen-bond donors (Lipinski definition) is 0. The van der Waals surface area contributed by atoms with Crippen molar-refractivity contribution < 1.29 is 4.79 Å². The number of benzene rings is 1. The van der Waals surface area contributed by atoms with Gasteiger partial charge in [-0.2, -0.15) is 0 Å². The quantitative estimate of drug-likeness (QED) is 0.761. The Morgan fingerprint density at radius 2 is 1.65 bits per heavy atom. The van der Waals surface area contributed by atoms with Gasteiger partial charge in [0.15, 0.2) is 0 Å². The number of para-hydroxylation sites is 1. The van der Waals surface area contributed by atoms with Crippen LogP contribution in [0.4, 0.5) is 0 Å². The van der Waals surface area contributed by atoms with Gasteiger partial charge >= 0.3 is 0 Å². The molecule has 0 saturated carbocycles. The molecule has 1 aromatic heterocycles. The molecule has 0 unspecified atom stereocenters. The molecule has 1 aliphatic heterocycles. The third-order valence-electron chi connectivity index (χ3n) is 5.24. The van der Waals surface area contributed by atoms with Gasteiger partial charge in [-0.05, 0) is 53.2 Å². The van der Waals surface area contributed by atoms with E-state index in [2.05, 4.69) is 70.5 Å². The largest absolute Gasteiger partial charge is 0.348 e. The van der Waals surface area contributed by atoms with Gasteiger partial charge in [-0.25, -0.2) is 0 Å². The molecule has 1 aliphatic rings. The maximum Gasteiger partial charge on any atom is 0.250 e. The van der Waals surface area contributed by atoms with Crippen molar-refractivity contribution in [2.75, 3.05) is 0 Å². The lowest BCUT2D eigenvalue weighted by molar-refractivity contribution is -0.131. The summed E-state index contributed by atoms with van der Waals surface area (Å²) in [6.07, 6.45) is 0. The third kappa shape index (κ3) is 2.13. The standard InChI is InChI=1S/C20H26N2O/c1-12-13(2)19(23)22(20(4,5)6)18(12)17-14(3)21(7)16-11-9-8-10-15(16)17/h8-11,18H,1-7H3/t18-/m1/s1. The van der Waals surface area contributed by atoms with E-state index in [1.54, 1.807) is 0 Å². The highest BCUT2D eigenvalue weighted by atomic mass is 16.2. The van der Waals surface area contributed by atoms with Crippen LogP contribution in [0.2, 0.25) is 0 Å². The van der Waals surface area contributed by atoms with E-state index in [0.29, 0.717) is 0 Å². The number of nitrogens with zero attached hydrogens (tertiary/aromatic N) is 2. The average Bonchev–Trinajstić information content (AvgIpc) is 2.86. The lowest BCUT2D eigenvalue weighted by Crippen LogP contribution is -2.45. The minimum atomic E-state index is -0.218. The van der Waals surface area contributed by atoms with Crippen molar-refractivity contribution in [2.45, 2.75) is 53.1 Å². The van der Waals surface area contributed by atoms with E-state index in [9.17, 15) is 4.79 Å². The van der Waals surface area contributed by atoms with Crippen LogP contribution in [0.25, 0.3) is 10.9 Å². The Bertz CT molecular complexity index is 833. The summed E-state index contributed by atoms with van der Waals surface area (Å²) in [6.45, 7) is 12.6. The Kier molecular flexibility index (Phi) is 3.44. The average molecular weight is 310 g/mol. The number of fused-ring (bicyclic) bond motifs is 1. The van der Waals surface area contributed by atoms with Crippen LogP contribution < -0.4 is 0 Å². The van der Waals surface area contributed by atoms with Gasteiger partial charge < -0.3 is 9.47 Å². The Hall–Kier alpha value is -2.03. The first-order valence-electron chi connectivity index (χ1n) is 8.21. The molecule has 0 fully saturated rings. The molecule has 23 heavy (non-hydrogen) atoms. The fourth-order valence-corrected chi connectivity index (χ4v) is 3.80. The number of aromatic nitrogens is 1. The van der Waals surface area contributed by atoms with Crippen molar-refractivity contribution in [2.24, 2.45) is 7.05 Å². The number of rotatable bonds is 1. The van der Waals surface area contributed by atoms with E-state index >= 15 is 0 Å². The SMILES string of the molecule is CC1=C(C)[C@H](c2c(C)n(C)c3ccccc23)N(C(C)(C)C)C1=O. The molecule has 1 amide bonds. The Morgan fingerprint density at radius 3 is 2.26 bits per heavy atom. The Labute approximate surface area is 138 Å². The fourth-order valence-electron chi connectivity index (χ4n) is 3.80. The number of carbonyl (C=O) groups is 1. The number of amides is 1. The van der Waals surface area contributed by atoms with E-state index in [1.807, 2.05) is 11.8 Å². The second-order valence-electron chi connectivity index (χ2n) is 7.63. The number of hydrogen-bond acceptors (Lipinski definition) is 1. The van der Waals surface area contributed by atoms with Crippen LogP contribution in [0.3, 0.4) is 0 Å². The first kappa shape index (κ1) is 15.9. The minimum Gasteiger partial charge on any atom is -0.348 e. The first-order chi connectivity index (χ1) is 10.7. The molecule has 3 heteroatoms. The molecule has 3 nitrogen and oxygen atoms in total. The zero-order chi connectivity index (χ0) is 17.1. The van der Waals surface area contributed by atoms with Crippen LogP contribution in [0.15, 0.2) is 35.4 Å². The van der Waals surface area contributed by atoms with Gasteiger partial charge in [0.1, 0.15) is 0 Å². The highest BCUT2D eigenvalue weighted by molar-refractivity contribution is 5.99. The van der Waals surface area contributed by atoms with Crippen LogP contribution in [0.1, 0.15) is 51.9 Å². The van der Waals surface area contributed by atoms with Gasteiger partial charge in [-0.1, -0.05) is 18.2 Å². The third-order valence-corrected chi connectivity index (χ3v) is 5.24. The summed E-state index contributed by atoms with van der Waals surface area (Å²) in [5.41, 5.74) is 5.55. The molecule has 0 saturated heterocycles. The molecule has 0 spiro atoms. The van der Waals surface area contributed by atoms with E-state index < -0.39 is 0 Å². The monoisotopic (exact) mass is 310 g/mol. The van der Waals surface area contributed by atoms with Crippen molar-refractivity contribution in [3.63, 3.8) is 0 Å². The molecular formula is C20H26N2O. The second kappa shape index (κ2) is 4.98. The van der Waals surface area contributed by atoms with Crippen molar-refractivity contribution in [3.05, 3.63) is 46.7 Å². The number of carbonyl (C=O) groups excluding carboxylic acids is 1. The minimum absolute atomic E-state index is 0.0219. The van der Waals surface area contributed by atoms with Crippen molar-refractivity contribution in [3.8, 4) is 0 Å². The Balaban J connectivity index is 2.32. The predicted molar refractivity (Wildman–Crippen MR) is 95.4 cm³/mol. The van der Waals surface area contributed by atoms with Gasteiger partial charge in [0, 0.05) is 40.3 Å². The van der Waals surface area contributed by atoms with Crippen molar-refractivity contribution in [1.29, 1.82) is 0 Å². The summed E-state index contributed by atoms with van der Waals surface area (Å²) < 4.78 is 2.23. The predicted octanol–water partition coefficient (Wildman–Crippen LogP) is 4.50. The molecule has 3 rings (SSSR count). The molecule has 1 aromatic carbocycles. The Morgan fingerprint density at radius 1 is 1.04 bits per heavy atom. The normalized spacial score (nSPS) is 19.3. The summed E-state index contributed by atoms with van der Waals surface area (Å²) in [6, 6.07) is 8.49. The molecular weight excluding hydrogens is 284 g/mol. The van der Waals surface area contributed by atoms with Crippen LogP contribution >= 0.6 is 0 Å².